The number of H-pyrrole nitrogens is 1. The minimum Gasteiger partial charge on any atom is -0.394 e. The van der Waals surface area contributed by atoms with Gasteiger partial charge >= 0.3 is 21.3 Å². The molecular formula is C16H27N3O15P2. The Balaban J connectivity index is 1.59. The van der Waals surface area contributed by atoms with Gasteiger partial charge in [-0.3, -0.25) is 23.4 Å². The fraction of sp³-hybridized carbons (Fsp3) is 0.750. The number of rotatable bonds is 9. The number of hydrogen-bond donors (Lipinski definition) is 8. The lowest BCUT2D eigenvalue weighted by atomic mass is 9.97. The first-order valence-electron chi connectivity index (χ1n) is 10.4. The van der Waals surface area contributed by atoms with Crippen LogP contribution in [0.2, 0.25) is 0 Å². The minimum absolute atomic E-state index is 0.160. The molecule has 36 heavy (non-hydrogen) atoms. The third-order valence-corrected chi connectivity index (χ3v) is 8.04. The molecule has 1 aromatic rings. The van der Waals surface area contributed by atoms with E-state index >= 15 is 0 Å². The van der Waals surface area contributed by atoms with Crippen molar-refractivity contribution in [1.29, 1.82) is 0 Å². The van der Waals surface area contributed by atoms with Crippen LogP contribution in [0.3, 0.4) is 0 Å². The molecule has 3 rings (SSSR count). The van der Waals surface area contributed by atoms with Crippen LogP contribution in [0.1, 0.15) is 18.2 Å². The quantitative estimate of drug-likeness (QED) is 0.135. The van der Waals surface area contributed by atoms with Crippen LogP contribution in [0.15, 0.2) is 15.8 Å². The summed E-state index contributed by atoms with van der Waals surface area (Å²) in [5, 5.41) is 39.1. The fourth-order valence-corrected chi connectivity index (χ4v) is 5.67. The third kappa shape index (κ3) is 6.75. The van der Waals surface area contributed by atoms with E-state index in [1.165, 1.54) is 13.1 Å². The van der Waals surface area contributed by atoms with Crippen LogP contribution in [0.4, 0.5) is 0 Å². The molecule has 2 fully saturated rings. The summed E-state index contributed by atoms with van der Waals surface area (Å²) in [5.74, 6) is 0. The molecule has 0 saturated carbocycles. The number of nitrogens with zero attached hydrogens (tertiary/aromatic N) is 1. The second-order valence-electron chi connectivity index (χ2n) is 8.11. The number of phosphoric acid groups is 2. The number of phosphoric ester groups is 2. The van der Waals surface area contributed by atoms with Crippen LogP contribution in [0.5, 0.6) is 0 Å². The number of nitrogens with one attached hydrogen (secondary N) is 1. The van der Waals surface area contributed by atoms with Gasteiger partial charge in [-0.2, -0.15) is 4.31 Å². The predicted molar refractivity (Wildman–Crippen MR) is 114 cm³/mol. The SMILES string of the molecule is Cc1cn(C2C[C@H](O)[C@@H](COP(=O)(O)OP(=O)(O)OC3O[C@H](CO)[C@@H](O)[C@H](N)[C@H]3O)O2)c(=O)[nH]c1=O. The van der Waals surface area contributed by atoms with Gasteiger partial charge in [0.2, 0.25) is 0 Å². The molecule has 4 unspecified atom stereocenters. The molecule has 2 saturated heterocycles. The molecule has 0 aliphatic carbocycles. The Bertz CT molecular complexity index is 1140. The van der Waals surface area contributed by atoms with Gasteiger partial charge < -0.3 is 45.4 Å². The predicted octanol–water partition coefficient (Wildman–Crippen LogP) is -3.49. The maximum Gasteiger partial charge on any atom is 0.483 e. The number of aromatic amines is 1. The van der Waals surface area contributed by atoms with Crippen LogP contribution < -0.4 is 17.0 Å². The third-order valence-electron chi connectivity index (χ3n) is 5.44. The Morgan fingerprint density at radius 1 is 1.14 bits per heavy atom. The van der Waals surface area contributed by atoms with Gasteiger partial charge in [0.25, 0.3) is 5.56 Å². The largest absolute Gasteiger partial charge is 0.483 e. The van der Waals surface area contributed by atoms with Gasteiger partial charge in [0.15, 0.2) is 6.29 Å². The van der Waals surface area contributed by atoms with Crippen molar-refractivity contribution >= 4 is 15.6 Å². The van der Waals surface area contributed by atoms with E-state index in [0.717, 1.165) is 4.57 Å². The first-order valence-corrected chi connectivity index (χ1v) is 13.4. The fourth-order valence-electron chi connectivity index (χ4n) is 3.51. The van der Waals surface area contributed by atoms with Gasteiger partial charge in [-0.1, -0.05) is 0 Å². The molecule has 0 amide bonds. The molecular weight excluding hydrogens is 536 g/mol. The van der Waals surface area contributed by atoms with Crippen molar-refractivity contribution in [2.45, 2.75) is 62.4 Å². The highest BCUT2D eigenvalue weighted by Gasteiger charge is 2.48. The van der Waals surface area contributed by atoms with Gasteiger partial charge in [0, 0.05) is 18.2 Å². The number of aryl methyl sites for hydroxylation is 1. The molecule has 2 aliphatic heterocycles. The van der Waals surface area contributed by atoms with Crippen LogP contribution in [-0.4, -0.2) is 95.8 Å². The van der Waals surface area contributed by atoms with Crippen molar-refractivity contribution in [1.82, 2.24) is 9.55 Å². The second kappa shape index (κ2) is 11.2. The van der Waals surface area contributed by atoms with Gasteiger partial charge in [-0.25, -0.2) is 13.9 Å². The highest BCUT2D eigenvalue weighted by atomic mass is 31.3. The molecule has 206 valence electrons. The number of aliphatic hydroxyl groups excluding tert-OH is 4. The van der Waals surface area contributed by atoms with Gasteiger partial charge in [0.05, 0.1) is 25.4 Å². The zero-order valence-corrected chi connectivity index (χ0v) is 20.4. The lowest BCUT2D eigenvalue weighted by molar-refractivity contribution is -0.251. The lowest BCUT2D eigenvalue weighted by Gasteiger charge is -2.40. The van der Waals surface area contributed by atoms with Crippen molar-refractivity contribution in [3.63, 3.8) is 0 Å². The van der Waals surface area contributed by atoms with Crippen LogP contribution in [0.25, 0.3) is 0 Å². The average molecular weight is 563 g/mol. The Morgan fingerprint density at radius 3 is 2.44 bits per heavy atom. The standard InChI is InChI=1S/C16H27N3O15P2/c1-6-3-19(16(25)18-14(6)24)10-2-7(21)9(31-10)5-30-35(26,27)34-36(28,29)33-15-13(23)11(17)12(22)8(4-20)32-15/h3,7-13,15,20-23H,2,4-5,17H2,1H3,(H,26,27)(H,28,29)(H,18,24,25)/t7-,8+,9+,10?,11-,12+,13+,15?/m0/s1. The van der Waals surface area contributed by atoms with Crippen LogP contribution >= 0.6 is 15.6 Å². The number of aliphatic hydroxyl groups is 4. The van der Waals surface area contributed by atoms with Crippen molar-refractivity contribution in [2.24, 2.45) is 5.73 Å². The molecule has 2 aliphatic rings. The second-order valence-corrected chi connectivity index (χ2v) is 11.1. The maximum absolute atomic E-state index is 12.2. The van der Waals surface area contributed by atoms with Crippen LogP contribution in [-0.2, 0) is 32.0 Å². The lowest BCUT2D eigenvalue weighted by Crippen LogP contribution is -2.62. The molecule has 10 atom stereocenters. The summed E-state index contributed by atoms with van der Waals surface area (Å²) in [6, 6.07) is -1.47. The molecule has 9 N–H and O–H groups in total. The summed E-state index contributed by atoms with van der Waals surface area (Å²) in [4.78, 5) is 45.3. The van der Waals surface area contributed by atoms with E-state index in [4.69, 9.17) is 15.2 Å². The smallest absolute Gasteiger partial charge is 0.394 e. The summed E-state index contributed by atoms with van der Waals surface area (Å²) in [6.45, 7) is -0.198. The number of hydrogen-bond acceptors (Lipinski definition) is 14. The Kier molecular flexibility index (Phi) is 9.08. The zero-order chi connectivity index (χ0) is 27.0. The van der Waals surface area contributed by atoms with E-state index in [1.807, 2.05) is 0 Å². The Labute approximate surface area is 202 Å². The molecule has 18 nitrogen and oxygen atoms in total. The van der Waals surface area contributed by atoms with Crippen molar-refractivity contribution in [3.8, 4) is 0 Å². The van der Waals surface area contributed by atoms with E-state index in [9.17, 15) is 48.9 Å². The summed E-state index contributed by atoms with van der Waals surface area (Å²) >= 11 is 0. The summed E-state index contributed by atoms with van der Waals surface area (Å²) in [5.41, 5.74) is 4.30. The molecule has 0 radical (unpaired) electrons. The minimum atomic E-state index is -5.48. The molecule has 3 heterocycles. The van der Waals surface area contributed by atoms with Crippen molar-refractivity contribution in [3.05, 3.63) is 32.6 Å². The summed E-state index contributed by atoms with van der Waals surface area (Å²) in [6.07, 6.45) is -9.48. The maximum atomic E-state index is 12.2. The van der Waals surface area contributed by atoms with Crippen molar-refractivity contribution < 1.29 is 62.2 Å². The normalized spacial score (nSPS) is 36.3. The topological polar surface area (TPSA) is 283 Å². The van der Waals surface area contributed by atoms with Gasteiger partial charge in [-0.05, 0) is 6.92 Å². The summed E-state index contributed by atoms with van der Waals surface area (Å²) in [7, 11) is -10.8. The molecule has 0 aromatic carbocycles. The molecule has 0 spiro atoms. The number of aromatic nitrogens is 2. The van der Waals surface area contributed by atoms with Crippen molar-refractivity contribution in [2.75, 3.05) is 13.2 Å². The highest BCUT2D eigenvalue weighted by molar-refractivity contribution is 7.61. The van der Waals surface area contributed by atoms with E-state index < -0.39 is 89.2 Å². The van der Waals surface area contributed by atoms with Gasteiger partial charge in [0.1, 0.15) is 30.6 Å². The molecule has 1 aromatic heterocycles. The van der Waals surface area contributed by atoms with Crippen LogP contribution in [0, 0.1) is 6.92 Å². The van der Waals surface area contributed by atoms with E-state index in [1.54, 1.807) is 0 Å². The van der Waals surface area contributed by atoms with E-state index in [2.05, 4.69) is 18.3 Å². The first-order chi connectivity index (χ1) is 16.6. The van der Waals surface area contributed by atoms with E-state index in [0.29, 0.717) is 0 Å². The molecule has 0 bridgehead atoms. The summed E-state index contributed by atoms with van der Waals surface area (Å²) < 4.78 is 49.1. The average Bonchev–Trinajstić information content (AvgIpc) is 3.14. The number of nitrogens with two attached hydrogens (primary N) is 1. The van der Waals surface area contributed by atoms with E-state index in [-0.39, 0.29) is 12.0 Å². The Hall–Kier alpha value is -1.34. The monoisotopic (exact) mass is 563 g/mol. The zero-order valence-electron chi connectivity index (χ0n) is 18.6. The Morgan fingerprint density at radius 2 is 1.81 bits per heavy atom. The van der Waals surface area contributed by atoms with Gasteiger partial charge in [-0.15, -0.1) is 0 Å². The first kappa shape index (κ1) is 29.2. The molecule has 20 heteroatoms. The highest BCUT2D eigenvalue weighted by Crippen LogP contribution is 2.61. The number of ether oxygens (including phenoxy) is 2.